The van der Waals surface area contributed by atoms with E-state index in [-0.39, 0.29) is 23.7 Å². The third kappa shape index (κ3) is 8.19. The summed E-state index contributed by atoms with van der Waals surface area (Å²) in [4.78, 5) is 23.0. The van der Waals surface area contributed by atoms with Crippen molar-refractivity contribution in [3.63, 3.8) is 0 Å². The first-order chi connectivity index (χ1) is 15.2. The lowest BCUT2D eigenvalue weighted by atomic mass is 10.1. The Labute approximate surface area is 203 Å². The van der Waals surface area contributed by atoms with Crippen LogP contribution in [0.5, 0.6) is 0 Å². The number of rotatable bonds is 11. The van der Waals surface area contributed by atoms with E-state index in [0.29, 0.717) is 6.61 Å². The first kappa shape index (κ1) is 29.8. The van der Waals surface area contributed by atoms with Crippen LogP contribution in [0.4, 0.5) is 0 Å². The normalized spacial score (nSPS) is 22.2. The maximum Gasteiger partial charge on any atom is 0.303 e. The molecule has 0 saturated heterocycles. The highest BCUT2D eigenvalue weighted by Crippen LogP contribution is 2.38. The Kier molecular flexibility index (Phi) is 11.3. The molecule has 0 radical (unpaired) electrons. The highest BCUT2D eigenvalue weighted by molar-refractivity contribution is 6.86. The number of hydrogen-bond acceptors (Lipinski definition) is 6. The van der Waals surface area contributed by atoms with Gasteiger partial charge in [-0.15, -0.1) is 0 Å². The second-order valence-corrected chi connectivity index (χ2v) is 20.5. The molecule has 0 fully saturated rings. The largest absolute Gasteiger partial charge is 0.463 e. The monoisotopic (exact) mass is 498 g/mol. The van der Waals surface area contributed by atoms with Gasteiger partial charge in [-0.3, -0.25) is 9.59 Å². The Hall–Kier alpha value is -1.23. The van der Waals surface area contributed by atoms with Crippen LogP contribution in [0.15, 0.2) is 23.4 Å². The van der Waals surface area contributed by atoms with E-state index in [1.165, 1.54) is 19.0 Å². The van der Waals surface area contributed by atoms with E-state index >= 15 is 0 Å². The van der Waals surface area contributed by atoms with Gasteiger partial charge in [0.15, 0.2) is 8.32 Å². The molecule has 6 nitrogen and oxygen atoms in total. The molecule has 0 saturated carbocycles. The van der Waals surface area contributed by atoms with Crippen LogP contribution in [-0.4, -0.2) is 59.9 Å². The molecular formula is C25H46O6Si2. The van der Waals surface area contributed by atoms with Gasteiger partial charge < -0.3 is 18.6 Å². The zero-order valence-corrected chi connectivity index (χ0v) is 24.4. The molecule has 0 amide bonds. The van der Waals surface area contributed by atoms with Crippen molar-refractivity contribution in [2.45, 2.75) is 110 Å². The minimum absolute atomic E-state index is 0.0425. The lowest BCUT2D eigenvalue weighted by Crippen LogP contribution is -2.47. The maximum atomic E-state index is 11.6. The van der Waals surface area contributed by atoms with E-state index in [1.807, 2.05) is 12.2 Å². The molecule has 0 aromatic carbocycles. The molecule has 0 aromatic rings. The fourth-order valence-electron chi connectivity index (χ4n) is 4.02. The van der Waals surface area contributed by atoms with Crippen molar-refractivity contribution in [3.8, 4) is 0 Å². The van der Waals surface area contributed by atoms with Crippen LogP contribution in [0.3, 0.4) is 0 Å². The molecule has 190 valence electrons. The number of ether oxygens (including phenoxy) is 3. The highest BCUT2D eigenvalue weighted by Gasteiger charge is 2.41. The van der Waals surface area contributed by atoms with Crippen LogP contribution in [0.25, 0.3) is 0 Å². The van der Waals surface area contributed by atoms with Crippen LogP contribution in [-0.2, 0) is 28.2 Å². The molecule has 0 N–H and O–H groups in total. The van der Waals surface area contributed by atoms with Crippen molar-refractivity contribution < 1.29 is 28.2 Å². The van der Waals surface area contributed by atoms with Gasteiger partial charge in [0.25, 0.3) is 0 Å². The highest BCUT2D eigenvalue weighted by atomic mass is 28.4. The zero-order chi connectivity index (χ0) is 25.4. The van der Waals surface area contributed by atoms with E-state index in [1.54, 1.807) is 0 Å². The predicted molar refractivity (Wildman–Crippen MR) is 138 cm³/mol. The van der Waals surface area contributed by atoms with Gasteiger partial charge in [-0.1, -0.05) is 77.0 Å². The Balaban J connectivity index is 3.31. The number of carbonyl (C=O) groups is 2. The van der Waals surface area contributed by atoms with E-state index < -0.39 is 34.6 Å². The maximum absolute atomic E-state index is 11.6. The topological polar surface area (TPSA) is 71.1 Å². The Bertz CT molecular complexity index is 711. The summed E-state index contributed by atoms with van der Waals surface area (Å²) < 4.78 is 23.6. The van der Waals surface area contributed by atoms with E-state index in [0.717, 1.165) is 18.1 Å². The second kappa shape index (κ2) is 12.5. The summed E-state index contributed by atoms with van der Waals surface area (Å²) in [6.45, 7) is 21.4. The van der Waals surface area contributed by atoms with Crippen LogP contribution in [0, 0.1) is 0 Å². The smallest absolute Gasteiger partial charge is 0.303 e. The molecule has 1 heterocycles. The summed E-state index contributed by atoms with van der Waals surface area (Å²) in [5, 5.41) is 1.46. The summed E-state index contributed by atoms with van der Waals surface area (Å²) >= 11 is 0. The quantitative estimate of drug-likeness (QED) is 0.204. The van der Waals surface area contributed by atoms with E-state index in [9.17, 15) is 9.59 Å². The standard InChI is InChI=1S/C25H46O6Si2/c1-11-33(12-2,13-3)24(16-17-29-32(9,10)25(6,7)8)22-15-14-21(30-20(5)27)23(31-22)18-28-19(4)26/h14-16,21-23H,11-13,17-18H2,1-10H3/b24-16+/t21-,22-,23+/m0/s1. The first-order valence-electron chi connectivity index (χ1n) is 12.2. The molecule has 0 aromatic heterocycles. The Morgan fingerprint density at radius 1 is 1.00 bits per heavy atom. The van der Waals surface area contributed by atoms with E-state index in [4.69, 9.17) is 18.6 Å². The van der Waals surface area contributed by atoms with Crippen LogP contribution >= 0.6 is 0 Å². The second-order valence-electron chi connectivity index (χ2n) is 10.4. The predicted octanol–water partition coefficient (Wildman–Crippen LogP) is 5.80. The molecule has 1 aliphatic rings. The molecule has 8 heteroatoms. The average molecular weight is 499 g/mol. The van der Waals surface area contributed by atoms with Crippen molar-refractivity contribution in [3.05, 3.63) is 23.4 Å². The fourth-order valence-corrected chi connectivity index (χ4v) is 8.96. The molecule has 0 spiro atoms. The number of esters is 2. The summed E-state index contributed by atoms with van der Waals surface area (Å²) in [5.41, 5.74) is 0. The zero-order valence-electron chi connectivity index (χ0n) is 22.4. The lowest BCUT2D eigenvalue weighted by molar-refractivity contribution is -0.161. The fraction of sp³-hybridized carbons (Fsp3) is 0.760. The molecule has 1 aliphatic heterocycles. The summed E-state index contributed by atoms with van der Waals surface area (Å²) in [5.74, 6) is -0.776. The Morgan fingerprint density at radius 3 is 2.03 bits per heavy atom. The third-order valence-corrected chi connectivity index (χ3v) is 17.7. The molecule has 0 unspecified atom stereocenters. The van der Waals surface area contributed by atoms with Gasteiger partial charge in [0.1, 0.15) is 18.8 Å². The van der Waals surface area contributed by atoms with Crippen LogP contribution in [0.1, 0.15) is 55.4 Å². The van der Waals surface area contributed by atoms with Gasteiger partial charge in [-0.25, -0.2) is 0 Å². The number of hydrogen-bond donors (Lipinski definition) is 0. The van der Waals surface area contributed by atoms with Gasteiger partial charge in [0.2, 0.25) is 0 Å². The van der Waals surface area contributed by atoms with Gasteiger partial charge in [-0.2, -0.15) is 0 Å². The van der Waals surface area contributed by atoms with Gasteiger partial charge in [-0.05, 0) is 24.2 Å². The molecule has 3 atom stereocenters. The van der Waals surface area contributed by atoms with Crippen molar-refractivity contribution in [2.75, 3.05) is 13.2 Å². The first-order valence-corrected chi connectivity index (χ1v) is 17.7. The number of carbonyl (C=O) groups excluding carboxylic acids is 2. The van der Waals surface area contributed by atoms with Crippen molar-refractivity contribution in [1.29, 1.82) is 0 Å². The molecule has 0 bridgehead atoms. The van der Waals surface area contributed by atoms with Crippen LogP contribution in [0.2, 0.25) is 36.3 Å². The summed E-state index contributed by atoms with van der Waals surface area (Å²) in [6.07, 6.45) is 4.77. The minimum Gasteiger partial charge on any atom is -0.463 e. The van der Waals surface area contributed by atoms with Crippen molar-refractivity contribution in [1.82, 2.24) is 0 Å². The van der Waals surface area contributed by atoms with Crippen LogP contribution < -0.4 is 0 Å². The van der Waals surface area contributed by atoms with Gasteiger partial charge in [0.05, 0.1) is 20.8 Å². The molecule has 33 heavy (non-hydrogen) atoms. The average Bonchev–Trinajstić information content (AvgIpc) is 2.72. The van der Waals surface area contributed by atoms with Crippen molar-refractivity contribution in [2.24, 2.45) is 0 Å². The minimum atomic E-state index is -1.88. The molecular weight excluding hydrogens is 452 g/mol. The van der Waals surface area contributed by atoms with Gasteiger partial charge in [0, 0.05) is 13.8 Å². The SMILES string of the molecule is CC[Si](CC)(CC)/C(=C/CO[Si](C)(C)C(C)(C)C)[C@@H]1C=C[C@H](OC(C)=O)[C@@H](COC(C)=O)O1. The third-order valence-electron chi connectivity index (χ3n) is 7.42. The van der Waals surface area contributed by atoms with E-state index in [2.05, 4.69) is 60.7 Å². The summed E-state index contributed by atoms with van der Waals surface area (Å²) in [7, 11) is -3.68. The van der Waals surface area contributed by atoms with Crippen molar-refractivity contribution >= 4 is 28.3 Å². The Morgan fingerprint density at radius 2 is 1.58 bits per heavy atom. The molecule has 1 rings (SSSR count). The lowest BCUT2D eigenvalue weighted by Gasteiger charge is -2.40. The summed E-state index contributed by atoms with van der Waals surface area (Å²) in [6, 6.07) is 3.34. The van der Waals surface area contributed by atoms with Gasteiger partial charge >= 0.3 is 11.9 Å². The molecule has 0 aliphatic carbocycles.